The van der Waals surface area contributed by atoms with Crippen LogP contribution < -0.4 is 9.64 Å². The van der Waals surface area contributed by atoms with Crippen molar-refractivity contribution >= 4 is 27.8 Å². The van der Waals surface area contributed by atoms with E-state index in [1.165, 1.54) is 38.8 Å². The highest BCUT2D eigenvalue weighted by Crippen LogP contribution is 2.49. The molecule has 0 fully saturated rings. The molecule has 1 aliphatic rings. The van der Waals surface area contributed by atoms with Gasteiger partial charge >= 0.3 is 0 Å². The van der Waals surface area contributed by atoms with E-state index in [0.717, 1.165) is 45.1 Å². The molecule has 0 bridgehead atoms. The van der Waals surface area contributed by atoms with Gasteiger partial charge in [0, 0.05) is 27.9 Å². The van der Waals surface area contributed by atoms with Crippen LogP contribution in [0.3, 0.4) is 0 Å². The Labute approximate surface area is 280 Å². The summed E-state index contributed by atoms with van der Waals surface area (Å²) < 4.78 is 6.40. The second kappa shape index (κ2) is 11.8. The quantitative estimate of drug-likeness (QED) is 0.185. The molecule has 48 heavy (non-hydrogen) atoms. The Morgan fingerprint density at radius 3 is 1.77 bits per heavy atom. The molecular formula is C46H31NO. The van der Waals surface area contributed by atoms with Gasteiger partial charge in [0.1, 0.15) is 11.5 Å². The second-order valence-corrected chi connectivity index (χ2v) is 12.1. The van der Waals surface area contributed by atoms with Gasteiger partial charge in [0.2, 0.25) is 0 Å². The van der Waals surface area contributed by atoms with Crippen LogP contribution in [0.1, 0.15) is 0 Å². The van der Waals surface area contributed by atoms with Gasteiger partial charge in [-0.25, -0.2) is 0 Å². The first-order valence-electron chi connectivity index (χ1n) is 16.4. The van der Waals surface area contributed by atoms with E-state index >= 15 is 0 Å². The molecule has 2 nitrogen and oxygen atoms in total. The van der Waals surface area contributed by atoms with Crippen molar-refractivity contribution in [3.05, 3.63) is 188 Å². The van der Waals surface area contributed by atoms with E-state index in [2.05, 4.69) is 181 Å². The number of para-hydroxylation sites is 3. The van der Waals surface area contributed by atoms with Crippen LogP contribution in [-0.2, 0) is 0 Å². The molecule has 0 radical (unpaired) electrons. The van der Waals surface area contributed by atoms with Gasteiger partial charge in [-0.1, -0.05) is 146 Å². The van der Waals surface area contributed by atoms with Crippen molar-refractivity contribution in [3.63, 3.8) is 0 Å². The van der Waals surface area contributed by atoms with E-state index in [4.69, 9.17) is 4.74 Å². The highest BCUT2D eigenvalue weighted by atomic mass is 16.5. The molecule has 0 unspecified atom stereocenters. The zero-order valence-corrected chi connectivity index (χ0v) is 26.3. The van der Waals surface area contributed by atoms with Gasteiger partial charge in [0.05, 0.1) is 5.69 Å². The zero-order valence-electron chi connectivity index (χ0n) is 26.3. The molecule has 0 atom stereocenters. The second-order valence-electron chi connectivity index (χ2n) is 12.1. The molecule has 0 saturated carbocycles. The number of fused-ring (bicyclic) bond motifs is 2. The Morgan fingerprint density at radius 1 is 0.333 bits per heavy atom. The van der Waals surface area contributed by atoms with Gasteiger partial charge in [0.25, 0.3) is 0 Å². The van der Waals surface area contributed by atoms with Gasteiger partial charge in [-0.2, -0.15) is 0 Å². The maximum absolute atomic E-state index is 6.40. The minimum atomic E-state index is 0.900. The third kappa shape index (κ3) is 4.83. The third-order valence-corrected chi connectivity index (χ3v) is 9.28. The fourth-order valence-corrected chi connectivity index (χ4v) is 7.03. The van der Waals surface area contributed by atoms with E-state index in [9.17, 15) is 0 Å². The first-order chi connectivity index (χ1) is 23.8. The molecule has 0 saturated heterocycles. The Balaban J connectivity index is 1.17. The summed E-state index contributed by atoms with van der Waals surface area (Å²) in [5.74, 6) is 1.80. The maximum Gasteiger partial charge on any atom is 0.135 e. The topological polar surface area (TPSA) is 12.5 Å². The molecule has 8 aromatic rings. The number of benzene rings is 8. The van der Waals surface area contributed by atoms with Gasteiger partial charge in [0.15, 0.2) is 0 Å². The molecule has 0 aromatic heterocycles. The maximum atomic E-state index is 6.40. The molecule has 0 amide bonds. The van der Waals surface area contributed by atoms with Gasteiger partial charge < -0.3 is 9.64 Å². The summed E-state index contributed by atoms with van der Waals surface area (Å²) in [4.78, 5) is 2.37. The van der Waals surface area contributed by atoms with E-state index in [1.807, 2.05) is 12.1 Å². The highest BCUT2D eigenvalue weighted by Gasteiger charge is 2.22. The number of ether oxygens (including phenoxy) is 1. The molecule has 2 heteroatoms. The summed E-state index contributed by atoms with van der Waals surface area (Å²) in [6.07, 6.45) is 0. The van der Waals surface area contributed by atoms with E-state index < -0.39 is 0 Å². The van der Waals surface area contributed by atoms with Crippen molar-refractivity contribution in [1.29, 1.82) is 0 Å². The average molecular weight is 614 g/mol. The first-order valence-corrected chi connectivity index (χ1v) is 16.4. The Bertz CT molecular complexity index is 2410. The van der Waals surface area contributed by atoms with Crippen molar-refractivity contribution in [1.82, 2.24) is 0 Å². The summed E-state index contributed by atoms with van der Waals surface area (Å²) >= 11 is 0. The first kappa shape index (κ1) is 27.9. The predicted molar refractivity (Wildman–Crippen MR) is 200 cm³/mol. The van der Waals surface area contributed by atoms with Crippen LogP contribution in [0.15, 0.2) is 188 Å². The molecular weight excluding hydrogens is 583 g/mol. The van der Waals surface area contributed by atoms with E-state index in [1.54, 1.807) is 0 Å². The van der Waals surface area contributed by atoms with Crippen LogP contribution in [0.2, 0.25) is 0 Å². The molecule has 9 rings (SSSR count). The molecule has 0 N–H and O–H groups in total. The minimum Gasteiger partial charge on any atom is -0.456 e. The van der Waals surface area contributed by atoms with Crippen LogP contribution >= 0.6 is 0 Å². The fourth-order valence-electron chi connectivity index (χ4n) is 7.03. The minimum absolute atomic E-state index is 0.900. The molecule has 1 heterocycles. The van der Waals surface area contributed by atoms with Crippen LogP contribution in [0.25, 0.3) is 55.3 Å². The normalized spacial score (nSPS) is 11.5. The van der Waals surface area contributed by atoms with Crippen molar-refractivity contribution in [2.45, 2.75) is 0 Å². The Morgan fingerprint density at radius 2 is 0.938 bits per heavy atom. The number of hydrogen-bond acceptors (Lipinski definition) is 2. The van der Waals surface area contributed by atoms with Crippen LogP contribution in [0.4, 0.5) is 17.1 Å². The fraction of sp³-hybridized carbons (Fsp3) is 0. The lowest BCUT2D eigenvalue weighted by Gasteiger charge is -2.28. The highest BCUT2D eigenvalue weighted by molar-refractivity contribution is 6.10. The molecule has 8 aromatic carbocycles. The Kier molecular flexibility index (Phi) is 6.84. The standard InChI is InChI=1S/C46H31NO/c1-3-13-32(14-4-1)33-25-27-34(28-26-33)39-19-7-9-23-43(39)47(36-16-5-2-6-17-36)37-18-11-15-35(31-37)38-29-30-45-46-41(38)21-12-22-42(46)40-20-8-10-24-44(40)48-45/h1-31H. The molecule has 1 aliphatic heterocycles. The molecule has 226 valence electrons. The summed E-state index contributed by atoms with van der Waals surface area (Å²) in [5, 5.41) is 2.34. The van der Waals surface area contributed by atoms with E-state index in [-0.39, 0.29) is 0 Å². The summed E-state index contributed by atoms with van der Waals surface area (Å²) in [5.41, 5.74) is 12.8. The zero-order chi connectivity index (χ0) is 31.9. The number of hydrogen-bond donors (Lipinski definition) is 0. The lowest BCUT2D eigenvalue weighted by molar-refractivity contribution is 0.487. The third-order valence-electron chi connectivity index (χ3n) is 9.28. The van der Waals surface area contributed by atoms with Crippen molar-refractivity contribution in [2.24, 2.45) is 0 Å². The van der Waals surface area contributed by atoms with Crippen molar-refractivity contribution in [3.8, 4) is 56.0 Å². The van der Waals surface area contributed by atoms with Gasteiger partial charge in [-0.3, -0.25) is 0 Å². The number of rotatable bonds is 6. The van der Waals surface area contributed by atoms with Gasteiger partial charge in [-0.15, -0.1) is 0 Å². The average Bonchev–Trinajstić information content (AvgIpc) is 3.16. The van der Waals surface area contributed by atoms with Crippen molar-refractivity contribution < 1.29 is 4.74 Å². The number of anilines is 3. The van der Waals surface area contributed by atoms with Crippen LogP contribution in [-0.4, -0.2) is 0 Å². The SMILES string of the molecule is c1ccc(-c2ccc(-c3ccccc3N(c3ccccc3)c3cccc(-c4ccc5c6c(cccc46)-c4ccccc4O5)c3)cc2)cc1. The predicted octanol–water partition coefficient (Wildman–Crippen LogP) is 13.1. The summed E-state index contributed by atoms with van der Waals surface area (Å²) in [6.45, 7) is 0. The Hall–Kier alpha value is -6.38. The number of nitrogens with zero attached hydrogens (tertiary/aromatic N) is 1. The lowest BCUT2D eigenvalue weighted by Crippen LogP contribution is -2.11. The monoisotopic (exact) mass is 613 g/mol. The molecule has 0 aliphatic carbocycles. The largest absolute Gasteiger partial charge is 0.456 e. The van der Waals surface area contributed by atoms with Crippen LogP contribution in [0, 0.1) is 0 Å². The molecule has 0 spiro atoms. The van der Waals surface area contributed by atoms with Gasteiger partial charge in [-0.05, 0) is 81.2 Å². The smallest absolute Gasteiger partial charge is 0.135 e. The lowest BCUT2D eigenvalue weighted by atomic mass is 9.90. The van der Waals surface area contributed by atoms with E-state index in [0.29, 0.717) is 0 Å². The summed E-state index contributed by atoms with van der Waals surface area (Å²) in [6, 6.07) is 66.8. The van der Waals surface area contributed by atoms with Crippen molar-refractivity contribution in [2.75, 3.05) is 4.90 Å². The van der Waals surface area contributed by atoms with Crippen LogP contribution in [0.5, 0.6) is 11.5 Å². The summed E-state index contributed by atoms with van der Waals surface area (Å²) in [7, 11) is 0.